The number of hydrogen-bond acceptors (Lipinski definition) is 3. The second-order valence-electron chi connectivity index (χ2n) is 5.60. The van der Waals surface area contributed by atoms with Gasteiger partial charge in [0.05, 0.1) is 5.56 Å². The summed E-state index contributed by atoms with van der Waals surface area (Å²) in [5.74, 6) is 0.0437. The van der Waals surface area contributed by atoms with E-state index >= 15 is 0 Å². The van der Waals surface area contributed by atoms with E-state index in [1.54, 1.807) is 30.2 Å². The van der Waals surface area contributed by atoms with Gasteiger partial charge in [-0.25, -0.2) is 9.37 Å². The molecule has 1 fully saturated rings. The van der Waals surface area contributed by atoms with Crippen LogP contribution in [0.2, 0.25) is 0 Å². The zero-order valence-electron chi connectivity index (χ0n) is 13.1. The van der Waals surface area contributed by atoms with E-state index in [2.05, 4.69) is 10.3 Å². The molecule has 1 saturated heterocycles. The van der Waals surface area contributed by atoms with E-state index in [0.717, 1.165) is 11.4 Å². The number of aromatic nitrogens is 2. The Hall–Kier alpha value is -1.92. The average Bonchev–Trinajstić information content (AvgIpc) is 2.93. The van der Waals surface area contributed by atoms with Crippen LogP contribution in [-0.4, -0.2) is 40.0 Å². The van der Waals surface area contributed by atoms with Crippen molar-refractivity contribution < 1.29 is 9.18 Å². The molecule has 0 bridgehead atoms. The second-order valence-corrected chi connectivity index (χ2v) is 5.60. The molecule has 2 aromatic rings. The SMILES string of the molecule is Cc1ccc(C(=O)N2CCNCC2c2nccn2C)c(F)c1.Cl. The fourth-order valence-electron chi connectivity index (χ4n) is 2.82. The fourth-order valence-corrected chi connectivity index (χ4v) is 2.82. The predicted molar refractivity (Wildman–Crippen MR) is 88.2 cm³/mol. The number of carbonyl (C=O) groups is 1. The van der Waals surface area contributed by atoms with E-state index < -0.39 is 5.82 Å². The van der Waals surface area contributed by atoms with Crippen molar-refractivity contribution >= 4 is 18.3 Å². The first-order valence-electron chi connectivity index (χ1n) is 7.33. The molecule has 0 saturated carbocycles. The molecule has 1 aliphatic heterocycles. The third-order valence-corrected chi connectivity index (χ3v) is 4.02. The van der Waals surface area contributed by atoms with Crippen LogP contribution in [0.3, 0.4) is 0 Å². The molecule has 1 aliphatic rings. The molecular formula is C16H20ClFN4O. The minimum Gasteiger partial charge on any atom is -0.336 e. The van der Waals surface area contributed by atoms with Gasteiger partial charge in [0.25, 0.3) is 5.91 Å². The Morgan fingerprint density at radius 3 is 2.87 bits per heavy atom. The average molecular weight is 339 g/mol. The maximum Gasteiger partial charge on any atom is 0.257 e. The van der Waals surface area contributed by atoms with Crippen molar-refractivity contribution in [3.8, 4) is 0 Å². The number of nitrogens with zero attached hydrogens (tertiary/aromatic N) is 3. The molecule has 1 aromatic heterocycles. The molecule has 1 atom stereocenters. The van der Waals surface area contributed by atoms with Crippen molar-refractivity contribution in [1.82, 2.24) is 19.8 Å². The first kappa shape index (κ1) is 17.4. The zero-order valence-corrected chi connectivity index (χ0v) is 13.9. The Morgan fingerprint density at radius 2 is 2.22 bits per heavy atom. The van der Waals surface area contributed by atoms with Crippen LogP contribution in [0.25, 0.3) is 0 Å². The summed E-state index contributed by atoms with van der Waals surface area (Å²) in [4.78, 5) is 18.8. The topological polar surface area (TPSA) is 50.2 Å². The number of halogens is 2. The van der Waals surface area contributed by atoms with Gasteiger partial charge in [-0.15, -0.1) is 12.4 Å². The third kappa shape index (κ3) is 3.38. The molecule has 0 spiro atoms. The van der Waals surface area contributed by atoms with Crippen LogP contribution in [-0.2, 0) is 7.05 Å². The van der Waals surface area contributed by atoms with Crippen LogP contribution in [0.5, 0.6) is 0 Å². The summed E-state index contributed by atoms with van der Waals surface area (Å²) in [5.41, 5.74) is 0.918. The van der Waals surface area contributed by atoms with Gasteiger partial charge in [-0.1, -0.05) is 6.07 Å². The highest BCUT2D eigenvalue weighted by Crippen LogP contribution is 2.23. The zero-order chi connectivity index (χ0) is 15.7. The van der Waals surface area contributed by atoms with Crippen molar-refractivity contribution in [2.24, 2.45) is 7.05 Å². The summed E-state index contributed by atoms with van der Waals surface area (Å²) in [6.45, 7) is 3.65. The molecule has 1 N–H and O–H groups in total. The summed E-state index contributed by atoms with van der Waals surface area (Å²) in [7, 11) is 1.89. The summed E-state index contributed by atoms with van der Waals surface area (Å²) in [5, 5.41) is 3.27. The van der Waals surface area contributed by atoms with Crippen LogP contribution < -0.4 is 5.32 Å². The van der Waals surface area contributed by atoms with Gasteiger partial charge >= 0.3 is 0 Å². The van der Waals surface area contributed by atoms with Crippen molar-refractivity contribution in [3.63, 3.8) is 0 Å². The molecule has 2 heterocycles. The van der Waals surface area contributed by atoms with Crippen LogP contribution >= 0.6 is 12.4 Å². The van der Waals surface area contributed by atoms with Gasteiger partial charge in [0.15, 0.2) is 0 Å². The number of hydrogen-bond donors (Lipinski definition) is 1. The molecule has 0 radical (unpaired) electrons. The van der Waals surface area contributed by atoms with Crippen LogP contribution in [0.4, 0.5) is 4.39 Å². The molecule has 7 heteroatoms. The molecular weight excluding hydrogens is 319 g/mol. The Labute approximate surface area is 140 Å². The van der Waals surface area contributed by atoms with E-state index in [1.165, 1.54) is 6.07 Å². The van der Waals surface area contributed by atoms with Gasteiger partial charge in [-0.05, 0) is 24.6 Å². The Bertz CT molecular complexity index is 703. The van der Waals surface area contributed by atoms with Crippen LogP contribution in [0.1, 0.15) is 27.8 Å². The van der Waals surface area contributed by atoms with E-state index in [1.807, 2.05) is 17.8 Å². The van der Waals surface area contributed by atoms with Gasteiger partial charge in [-0.3, -0.25) is 4.79 Å². The van der Waals surface area contributed by atoms with Gasteiger partial charge in [0.1, 0.15) is 17.7 Å². The highest BCUT2D eigenvalue weighted by Gasteiger charge is 2.32. The first-order chi connectivity index (χ1) is 10.6. The first-order valence-corrected chi connectivity index (χ1v) is 7.33. The number of amides is 1. The van der Waals surface area contributed by atoms with E-state index in [-0.39, 0.29) is 29.9 Å². The minimum atomic E-state index is -0.470. The highest BCUT2D eigenvalue weighted by molar-refractivity contribution is 5.95. The number of nitrogens with one attached hydrogen (secondary N) is 1. The number of imidazole rings is 1. The van der Waals surface area contributed by atoms with E-state index in [0.29, 0.717) is 19.6 Å². The largest absolute Gasteiger partial charge is 0.336 e. The maximum atomic E-state index is 14.1. The lowest BCUT2D eigenvalue weighted by Crippen LogP contribution is -2.49. The summed E-state index contributed by atoms with van der Waals surface area (Å²) in [6.07, 6.45) is 3.55. The van der Waals surface area contributed by atoms with Crippen molar-refractivity contribution in [1.29, 1.82) is 0 Å². The van der Waals surface area contributed by atoms with Crippen LogP contribution in [0.15, 0.2) is 30.6 Å². The maximum absolute atomic E-state index is 14.1. The van der Waals surface area contributed by atoms with Gasteiger partial charge in [0.2, 0.25) is 0 Å². The molecule has 1 unspecified atom stereocenters. The number of piperazine rings is 1. The van der Waals surface area contributed by atoms with Crippen LogP contribution in [0, 0.1) is 12.7 Å². The fraction of sp³-hybridized carbons (Fsp3) is 0.375. The highest BCUT2D eigenvalue weighted by atomic mass is 35.5. The van der Waals surface area contributed by atoms with E-state index in [4.69, 9.17) is 0 Å². The summed E-state index contributed by atoms with van der Waals surface area (Å²) in [6, 6.07) is 4.52. The lowest BCUT2D eigenvalue weighted by molar-refractivity contribution is 0.0616. The predicted octanol–water partition coefficient (Wildman–Crippen LogP) is 2.08. The molecule has 1 aromatic carbocycles. The van der Waals surface area contributed by atoms with Gasteiger partial charge in [-0.2, -0.15) is 0 Å². The van der Waals surface area contributed by atoms with Crippen molar-refractivity contribution in [2.75, 3.05) is 19.6 Å². The lowest BCUT2D eigenvalue weighted by Gasteiger charge is -2.35. The van der Waals surface area contributed by atoms with Crippen molar-refractivity contribution in [3.05, 3.63) is 53.4 Å². The second kappa shape index (κ2) is 7.10. The molecule has 0 aliphatic carbocycles. The quantitative estimate of drug-likeness (QED) is 0.912. The number of aryl methyl sites for hydroxylation is 2. The smallest absolute Gasteiger partial charge is 0.257 e. The number of benzene rings is 1. The Kier molecular flexibility index (Phi) is 5.38. The monoisotopic (exact) mass is 338 g/mol. The molecule has 124 valence electrons. The third-order valence-electron chi connectivity index (χ3n) is 4.02. The molecule has 3 rings (SSSR count). The normalized spacial score (nSPS) is 17.7. The summed E-state index contributed by atoms with van der Waals surface area (Å²) >= 11 is 0. The number of carbonyl (C=O) groups excluding carboxylic acids is 1. The Balaban J connectivity index is 0.00000192. The summed E-state index contributed by atoms with van der Waals surface area (Å²) < 4.78 is 16.0. The molecule has 5 nitrogen and oxygen atoms in total. The van der Waals surface area contributed by atoms with Gasteiger partial charge in [0, 0.05) is 39.1 Å². The van der Waals surface area contributed by atoms with E-state index in [9.17, 15) is 9.18 Å². The molecule has 1 amide bonds. The lowest BCUT2D eigenvalue weighted by atomic mass is 10.1. The minimum absolute atomic E-state index is 0. The Morgan fingerprint density at radius 1 is 1.43 bits per heavy atom. The molecule has 23 heavy (non-hydrogen) atoms. The van der Waals surface area contributed by atoms with Gasteiger partial charge < -0.3 is 14.8 Å². The number of rotatable bonds is 2. The standard InChI is InChI=1S/C16H19FN4O.ClH/c1-11-3-4-12(13(17)9-11)16(22)21-8-5-18-10-14(21)15-19-6-7-20(15)2;/h3-4,6-7,9,14,18H,5,8,10H2,1-2H3;1H. The van der Waals surface area contributed by atoms with Crippen molar-refractivity contribution in [2.45, 2.75) is 13.0 Å².